The summed E-state index contributed by atoms with van der Waals surface area (Å²) in [6, 6.07) is 13.2. The third kappa shape index (κ3) is 3.76. The number of para-hydroxylation sites is 1. The maximum absolute atomic E-state index is 12.5. The lowest BCUT2D eigenvalue weighted by molar-refractivity contribution is 0.0952. The number of rotatable bonds is 6. The fourth-order valence-electron chi connectivity index (χ4n) is 2.65. The number of nitrogens with zero attached hydrogens (tertiary/aromatic N) is 2. The van der Waals surface area contributed by atoms with Crippen molar-refractivity contribution in [2.45, 2.75) is 19.4 Å². The van der Waals surface area contributed by atoms with Gasteiger partial charge in [0.1, 0.15) is 0 Å². The minimum absolute atomic E-state index is 0.140. The highest BCUT2D eigenvalue weighted by atomic mass is 16.5. The van der Waals surface area contributed by atoms with Crippen molar-refractivity contribution in [3.63, 3.8) is 0 Å². The van der Waals surface area contributed by atoms with Crippen molar-refractivity contribution < 1.29 is 9.53 Å². The van der Waals surface area contributed by atoms with Gasteiger partial charge in [-0.2, -0.15) is 0 Å². The molecule has 1 aliphatic carbocycles. The average Bonchev–Trinajstić information content (AvgIpc) is 3.49. The summed E-state index contributed by atoms with van der Waals surface area (Å²) in [5.41, 5.74) is 2.22. The summed E-state index contributed by atoms with van der Waals surface area (Å²) in [7, 11) is 0. The van der Waals surface area contributed by atoms with Gasteiger partial charge < -0.3 is 10.1 Å². The minimum atomic E-state index is -0.140. The van der Waals surface area contributed by atoms with Gasteiger partial charge in [-0.1, -0.05) is 24.3 Å². The van der Waals surface area contributed by atoms with Gasteiger partial charge in [-0.15, -0.1) is 0 Å². The van der Waals surface area contributed by atoms with Crippen LogP contribution in [0, 0.1) is 5.92 Å². The summed E-state index contributed by atoms with van der Waals surface area (Å²) in [6.45, 7) is 1.16. The molecule has 0 radical (unpaired) electrons. The van der Waals surface area contributed by atoms with E-state index in [0.717, 1.165) is 17.6 Å². The molecule has 1 saturated carbocycles. The second-order valence-electron chi connectivity index (χ2n) is 6.32. The monoisotopic (exact) mass is 333 g/mol. The average molecular weight is 333 g/mol. The molecule has 0 saturated heterocycles. The van der Waals surface area contributed by atoms with Gasteiger partial charge in [-0.25, -0.2) is 4.98 Å². The molecule has 1 aromatic carbocycles. The van der Waals surface area contributed by atoms with Gasteiger partial charge in [0, 0.05) is 30.4 Å². The SMILES string of the molecule is O=C(NCc1ccc(OCC2CC2)nc1)c1cccc2cccnc12. The Balaban J connectivity index is 1.39. The molecular formula is C20H19N3O2. The van der Waals surface area contributed by atoms with E-state index in [-0.39, 0.29) is 5.91 Å². The van der Waals surface area contributed by atoms with Gasteiger partial charge in [0.15, 0.2) is 0 Å². The van der Waals surface area contributed by atoms with E-state index in [2.05, 4.69) is 15.3 Å². The van der Waals surface area contributed by atoms with Crippen LogP contribution in [0.2, 0.25) is 0 Å². The first kappa shape index (κ1) is 15.6. The molecule has 1 N–H and O–H groups in total. The Morgan fingerprint density at radius 2 is 2.00 bits per heavy atom. The first-order chi connectivity index (χ1) is 12.3. The van der Waals surface area contributed by atoms with Crippen molar-refractivity contribution in [1.82, 2.24) is 15.3 Å². The van der Waals surface area contributed by atoms with Gasteiger partial charge >= 0.3 is 0 Å². The Morgan fingerprint density at radius 1 is 1.12 bits per heavy atom. The second-order valence-corrected chi connectivity index (χ2v) is 6.32. The van der Waals surface area contributed by atoms with E-state index in [9.17, 15) is 4.79 Å². The Hall–Kier alpha value is -2.95. The molecule has 3 aromatic rings. The molecule has 25 heavy (non-hydrogen) atoms. The number of carbonyl (C=O) groups excluding carboxylic acids is 1. The highest BCUT2D eigenvalue weighted by Crippen LogP contribution is 2.29. The van der Waals surface area contributed by atoms with Gasteiger partial charge in [0.05, 0.1) is 17.7 Å². The largest absolute Gasteiger partial charge is 0.477 e. The van der Waals surface area contributed by atoms with Gasteiger partial charge in [0.2, 0.25) is 5.88 Å². The molecule has 1 amide bonds. The quantitative estimate of drug-likeness (QED) is 0.751. The van der Waals surface area contributed by atoms with Crippen LogP contribution in [0.15, 0.2) is 54.9 Å². The predicted molar refractivity (Wildman–Crippen MR) is 95.4 cm³/mol. The maximum atomic E-state index is 12.5. The Labute approximate surface area is 146 Å². The van der Waals surface area contributed by atoms with Crippen LogP contribution in [0.5, 0.6) is 5.88 Å². The van der Waals surface area contributed by atoms with E-state index in [1.165, 1.54) is 12.8 Å². The maximum Gasteiger partial charge on any atom is 0.253 e. The first-order valence-corrected chi connectivity index (χ1v) is 8.49. The van der Waals surface area contributed by atoms with Crippen molar-refractivity contribution >= 4 is 16.8 Å². The summed E-state index contributed by atoms with van der Waals surface area (Å²) >= 11 is 0. The number of benzene rings is 1. The molecule has 0 atom stereocenters. The molecule has 5 heteroatoms. The number of amides is 1. The zero-order valence-corrected chi connectivity index (χ0v) is 13.8. The fraction of sp³-hybridized carbons (Fsp3) is 0.250. The smallest absolute Gasteiger partial charge is 0.253 e. The molecule has 0 bridgehead atoms. The molecule has 1 aliphatic rings. The molecule has 4 rings (SSSR count). The topological polar surface area (TPSA) is 64.1 Å². The van der Waals surface area contributed by atoms with Crippen molar-refractivity contribution in [2.24, 2.45) is 5.92 Å². The lowest BCUT2D eigenvalue weighted by Crippen LogP contribution is -2.23. The lowest BCUT2D eigenvalue weighted by Gasteiger charge is -2.08. The van der Waals surface area contributed by atoms with E-state index in [1.807, 2.05) is 36.4 Å². The van der Waals surface area contributed by atoms with Crippen LogP contribution in [0.4, 0.5) is 0 Å². The van der Waals surface area contributed by atoms with E-state index in [1.54, 1.807) is 18.5 Å². The second kappa shape index (κ2) is 6.89. The number of fused-ring (bicyclic) bond motifs is 1. The zero-order valence-electron chi connectivity index (χ0n) is 13.8. The molecule has 5 nitrogen and oxygen atoms in total. The number of ether oxygens (including phenoxy) is 1. The van der Waals surface area contributed by atoms with E-state index >= 15 is 0 Å². The minimum Gasteiger partial charge on any atom is -0.477 e. The number of hydrogen-bond acceptors (Lipinski definition) is 4. The number of pyridine rings is 2. The van der Waals surface area contributed by atoms with Gasteiger partial charge in [0.25, 0.3) is 5.91 Å². The summed E-state index contributed by atoms with van der Waals surface area (Å²) in [4.78, 5) is 21.1. The Kier molecular flexibility index (Phi) is 4.29. The van der Waals surface area contributed by atoms with Crippen LogP contribution in [-0.4, -0.2) is 22.5 Å². The molecular weight excluding hydrogens is 314 g/mol. The molecule has 2 heterocycles. The van der Waals surface area contributed by atoms with Crippen molar-refractivity contribution in [1.29, 1.82) is 0 Å². The predicted octanol–water partition coefficient (Wildman–Crippen LogP) is 3.35. The highest BCUT2D eigenvalue weighted by Gasteiger charge is 2.22. The number of aromatic nitrogens is 2. The summed E-state index contributed by atoms with van der Waals surface area (Å²) in [6.07, 6.45) is 5.95. The van der Waals surface area contributed by atoms with Crippen LogP contribution in [0.3, 0.4) is 0 Å². The van der Waals surface area contributed by atoms with Crippen LogP contribution in [0.25, 0.3) is 10.9 Å². The van der Waals surface area contributed by atoms with E-state index in [4.69, 9.17) is 4.74 Å². The molecule has 2 aromatic heterocycles. The van der Waals surface area contributed by atoms with Crippen molar-refractivity contribution in [2.75, 3.05) is 6.61 Å². The number of carbonyl (C=O) groups is 1. The van der Waals surface area contributed by atoms with Gasteiger partial charge in [-0.3, -0.25) is 9.78 Å². The molecule has 1 fully saturated rings. The highest BCUT2D eigenvalue weighted by molar-refractivity contribution is 6.05. The number of nitrogens with one attached hydrogen (secondary N) is 1. The van der Waals surface area contributed by atoms with Crippen LogP contribution >= 0.6 is 0 Å². The standard InChI is InChI=1S/C20H19N3O2/c24-20(17-5-1-3-16-4-2-10-21-19(16)17)23-12-15-8-9-18(22-11-15)25-13-14-6-7-14/h1-5,8-11,14H,6-7,12-13H2,(H,23,24). The summed E-state index contributed by atoms with van der Waals surface area (Å²) < 4.78 is 5.62. The van der Waals surface area contributed by atoms with Crippen molar-refractivity contribution in [3.05, 3.63) is 66.0 Å². The van der Waals surface area contributed by atoms with Crippen molar-refractivity contribution in [3.8, 4) is 5.88 Å². The molecule has 0 unspecified atom stereocenters. The van der Waals surface area contributed by atoms with E-state index in [0.29, 0.717) is 29.4 Å². The van der Waals surface area contributed by atoms with Crippen LogP contribution in [0.1, 0.15) is 28.8 Å². The molecule has 0 spiro atoms. The van der Waals surface area contributed by atoms with E-state index < -0.39 is 0 Å². The first-order valence-electron chi connectivity index (χ1n) is 8.49. The lowest BCUT2D eigenvalue weighted by atomic mass is 10.1. The Morgan fingerprint density at radius 3 is 2.80 bits per heavy atom. The Bertz CT molecular complexity index is 884. The molecule has 0 aliphatic heterocycles. The van der Waals surface area contributed by atoms with Crippen LogP contribution < -0.4 is 10.1 Å². The fourth-order valence-corrected chi connectivity index (χ4v) is 2.65. The molecule has 126 valence electrons. The van der Waals surface area contributed by atoms with Gasteiger partial charge in [-0.05, 0) is 36.5 Å². The van der Waals surface area contributed by atoms with Crippen LogP contribution in [-0.2, 0) is 6.54 Å². The third-order valence-corrected chi connectivity index (χ3v) is 4.29. The third-order valence-electron chi connectivity index (χ3n) is 4.29. The summed E-state index contributed by atoms with van der Waals surface area (Å²) in [5.74, 6) is 1.20. The zero-order chi connectivity index (χ0) is 17.1. The number of hydrogen-bond donors (Lipinski definition) is 1. The summed E-state index contributed by atoms with van der Waals surface area (Å²) in [5, 5.41) is 3.88. The normalized spacial score (nSPS) is 13.6.